The van der Waals surface area contributed by atoms with Crippen LogP contribution in [0.1, 0.15) is 54.7 Å². The molecule has 1 atom stereocenters. The van der Waals surface area contributed by atoms with Gasteiger partial charge in [-0.05, 0) is 72.6 Å². The molecule has 6 nitrogen and oxygen atoms in total. The van der Waals surface area contributed by atoms with Crippen molar-refractivity contribution in [1.82, 2.24) is 9.78 Å². The van der Waals surface area contributed by atoms with Crippen molar-refractivity contribution in [2.45, 2.75) is 50.8 Å². The lowest BCUT2D eigenvalue weighted by molar-refractivity contribution is 0.152. The van der Waals surface area contributed by atoms with Gasteiger partial charge in [-0.1, -0.05) is 6.42 Å². The van der Waals surface area contributed by atoms with Gasteiger partial charge in [-0.15, -0.1) is 0 Å². The number of aliphatic hydroxyl groups excluding tert-OH is 1. The first-order valence-corrected chi connectivity index (χ1v) is 12.4. The number of alkyl halides is 2. The monoisotopic (exact) mass is 479 g/mol. The van der Waals surface area contributed by atoms with Gasteiger partial charge in [-0.2, -0.15) is 5.10 Å². The Kier molecular flexibility index (Phi) is 5.25. The fourth-order valence-electron chi connectivity index (χ4n) is 5.87. The van der Waals surface area contributed by atoms with Crippen LogP contribution in [0.15, 0.2) is 36.7 Å². The second-order valence-electron chi connectivity index (χ2n) is 10.1. The van der Waals surface area contributed by atoms with Gasteiger partial charge >= 0.3 is 0 Å². The molecule has 3 aromatic rings. The summed E-state index contributed by atoms with van der Waals surface area (Å²) in [4.78, 5) is 6.02. The lowest BCUT2D eigenvalue weighted by Gasteiger charge is -2.35. The van der Waals surface area contributed by atoms with Gasteiger partial charge in [0, 0.05) is 56.4 Å². The standard InChI is InChI=1S/C27H31F2N5O/c1-31-15-18(14-30-31)20-10-17-8-5-9-34(23(17)13-22(20)26(28)29)19-11-21(16-6-4-7-16)25-24(12-19)32(2)27(35)33(25)3/h10-16,26-27,35H,4-9H2,1-3H3. The summed E-state index contributed by atoms with van der Waals surface area (Å²) in [5.41, 5.74) is 7.59. The Hall–Kier alpha value is -3.13. The summed E-state index contributed by atoms with van der Waals surface area (Å²) in [6, 6.07) is 7.96. The largest absolute Gasteiger partial charge is 0.356 e. The van der Waals surface area contributed by atoms with Crippen molar-refractivity contribution in [3.05, 3.63) is 53.3 Å². The van der Waals surface area contributed by atoms with Crippen molar-refractivity contribution < 1.29 is 13.9 Å². The molecule has 0 radical (unpaired) electrons. The molecule has 1 aromatic heterocycles. The number of hydrogen-bond acceptors (Lipinski definition) is 5. The third-order valence-electron chi connectivity index (χ3n) is 8.01. The summed E-state index contributed by atoms with van der Waals surface area (Å²) in [6.07, 6.45) is 5.45. The number of aliphatic hydroxyl groups is 1. The van der Waals surface area contributed by atoms with Crippen LogP contribution in [0.5, 0.6) is 0 Å². The van der Waals surface area contributed by atoms with Crippen LogP contribution in [0.4, 0.5) is 31.5 Å². The number of fused-ring (bicyclic) bond motifs is 2. The van der Waals surface area contributed by atoms with E-state index in [0.717, 1.165) is 60.5 Å². The van der Waals surface area contributed by atoms with E-state index < -0.39 is 12.8 Å². The molecule has 2 aromatic carbocycles. The van der Waals surface area contributed by atoms with Gasteiger partial charge in [-0.25, -0.2) is 8.78 Å². The normalized spacial score (nSPS) is 19.9. The zero-order valence-corrected chi connectivity index (χ0v) is 20.4. The summed E-state index contributed by atoms with van der Waals surface area (Å²) in [7, 11) is 5.63. The fraction of sp³-hybridized carbons (Fsp3) is 0.444. The van der Waals surface area contributed by atoms with E-state index in [1.807, 2.05) is 30.0 Å². The van der Waals surface area contributed by atoms with Crippen LogP contribution in [-0.2, 0) is 13.5 Å². The van der Waals surface area contributed by atoms with Crippen LogP contribution in [0.25, 0.3) is 11.1 Å². The van der Waals surface area contributed by atoms with Crippen molar-refractivity contribution in [2.24, 2.45) is 7.05 Å². The van der Waals surface area contributed by atoms with E-state index in [2.05, 4.69) is 22.1 Å². The molecule has 2 aliphatic heterocycles. The first kappa shape index (κ1) is 22.3. The molecular weight excluding hydrogens is 448 g/mol. The minimum Gasteiger partial charge on any atom is -0.356 e. The third kappa shape index (κ3) is 3.49. The van der Waals surface area contributed by atoms with Gasteiger partial charge in [0.15, 0.2) is 0 Å². The number of aromatic nitrogens is 2. The second kappa shape index (κ2) is 8.22. The number of nitrogens with zero attached hydrogens (tertiary/aromatic N) is 5. The van der Waals surface area contributed by atoms with Gasteiger partial charge in [0.1, 0.15) is 0 Å². The van der Waals surface area contributed by atoms with Gasteiger partial charge in [-0.3, -0.25) is 4.68 Å². The first-order chi connectivity index (χ1) is 16.8. The van der Waals surface area contributed by atoms with Crippen LogP contribution in [0.3, 0.4) is 0 Å². The molecule has 1 aliphatic carbocycles. The average Bonchev–Trinajstić information content (AvgIpc) is 3.34. The maximum absolute atomic E-state index is 14.3. The minimum absolute atomic E-state index is 0.0382. The lowest BCUT2D eigenvalue weighted by atomic mass is 9.78. The van der Waals surface area contributed by atoms with E-state index in [4.69, 9.17) is 0 Å². The number of aryl methyl sites for hydroxylation is 2. The molecule has 0 saturated heterocycles. The van der Waals surface area contributed by atoms with Crippen molar-refractivity contribution in [3.8, 4) is 11.1 Å². The smallest absolute Gasteiger partial charge is 0.264 e. The van der Waals surface area contributed by atoms with Crippen molar-refractivity contribution in [3.63, 3.8) is 0 Å². The predicted octanol–water partition coefficient (Wildman–Crippen LogP) is 5.54. The van der Waals surface area contributed by atoms with E-state index in [1.165, 1.54) is 12.0 Å². The van der Waals surface area contributed by atoms with E-state index in [9.17, 15) is 13.9 Å². The Morgan fingerprint density at radius 2 is 1.80 bits per heavy atom. The van der Waals surface area contributed by atoms with Crippen LogP contribution in [0.2, 0.25) is 0 Å². The first-order valence-electron chi connectivity index (χ1n) is 12.4. The average molecular weight is 480 g/mol. The Morgan fingerprint density at radius 3 is 2.46 bits per heavy atom. The Labute approximate surface area is 204 Å². The molecule has 3 aliphatic rings. The molecule has 35 heavy (non-hydrogen) atoms. The highest BCUT2D eigenvalue weighted by Crippen LogP contribution is 2.51. The summed E-state index contributed by atoms with van der Waals surface area (Å²) in [6.45, 7) is 0.771. The van der Waals surface area contributed by atoms with E-state index in [-0.39, 0.29) is 5.56 Å². The van der Waals surface area contributed by atoms with Crippen molar-refractivity contribution >= 4 is 22.7 Å². The minimum atomic E-state index is -2.58. The fourth-order valence-corrected chi connectivity index (χ4v) is 5.87. The van der Waals surface area contributed by atoms with Crippen molar-refractivity contribution in [2.75, 3.05) is 35.3 Å². The Morgan fingerprint density at radius 1 is 1.00 bits per heavy atom. The summed E-state index contributed by atoms with van der Waals surface area (Å²) < 4.78 is 30.2. The molecule has 184 valence electrons. The number of rotatable bonds is 4. The molecule has 1 N–H and O–H groups in total. The molecule has 1 unspecified atom stereocenters. The molecule has 1 fully saturated rings. The lowest BCUT2D eigenvalue weighted by Crippen LogP contribution is -2.38. The quantitative estimate of drug-likeness (QED) is 0.533. The molecule has 0 spiro atoms. The third-order valence-corrected chi connectivity index (χ3v) is 8.01. The number of halogens is 2. The molecule has 6 rings (SSSR count). The van der Waals surface area contributed by atoms with Gasteiger partial charge in [0.2, 0.25) is 6.35 Å². The number of hydrogen-bond donors (Lipinski definition) is 1. The van der Waals surface area contributed by atoms with Crippen molar-refractivity contribution in [1.29, 1.82) is 0 Å². The Balaban J connectivity index is 1.49. The van der Waals surface area contributed by atoms with E-state index >= 15 is 0 Å². The maximum atomic E-state index is 14.3. The van der Waals surface area contributed by atoms with Gasteiger partial charge in [0.05, 0.1) is 17.6 Å². The van der Waals surface area contributed by atoms with Gasteiger partial charge < -0.3 is 19.8 Å². The molecule has 0 amide bonds. The molecular formula is C27H31F2N5O. The molecule has 0 bridgehead atoms. The predicted molar refractivity (Wildman–Crippen MR) is 135 cm³/mol. The highest BCUT2D eigenvalue weighted by atomic mass is 19.3. The van der Waals surface area contributed by atoms with Crippen LogP contribution >= 0.6 is 0 Å². The summed E-state index contributed by atoms with van der Waals surface area (Å²) in [5.74, 6) is 0.471. The van der Waals surface area contributed by atoms with E-state index in [0.29, 0.717) is 17.0 Å². The highest BCUT2D eigenvalue weighted by Gasteiger charge is 2.36. The maximum Gasteiger partial charge on any atom is 0.264 e. The summed E-state index contributed by atoms with van der Waals surface area (Å²) >= 11 is 0. The second-order valence-corrected chi connectivity index (χ2v) is 10.1. The van der Waals surface area contributed by atoms with Crippen LogP contribution in [-0.4, -0.2) is 41.9 Å². The molecule has 8 heteroatoms. The number of benzene rings is 2. The Bertz CT molecular complexity index is 1280. The highest BCUT2D eigenvalue weighted by molar-refractivity contribution is 5.86. The summed E-state index contributed by atoms with van der Waals surface area (Å²) in [5, 5.41) is 14.9. The SMILES string of the molecule is CN1c2cc(N3CCCc4cc(-c5cnn(C)c5)c(C(F)F)cc43)cc(C3CCC3)c2N(C)C1O. The number of anilines is 4. The van der Waals surface area contributed by atoms with Crippen LogP contribution < -0.4 is 14.7 Å². The van der Waals surface area contributed by atoms with E-state index in [1.54, 1.807) is 30.2 Å². The zero-order chi connectivity index (χ0) is 24.4. The topological polar surface area (TPSA) is 47.8 Å². The molecule has 1 saturated carbocycles. The molecule has 3 heterocycles. The van der Waals surface area contributed by atoms with Crippen LogP contribution in [0, 0.1) is 0 Å². The zero-order valence-electron chi connectivity index (χ0n) is 20.4. The van der Waals surface area contributed by atoms with Gasteiger partial charge in [0.25, 0.3) is 6.43 Å².